The summed E-state index contributed by atoms with van der Waals surface area (Å²) in [6.45, 7) is 1.39. The summed E-state index contributed by atoms with van der Waals surface area (Å²) in [6, 6.07) is 2.78. The summed E-state index contributed by atoms with van der Waals surface area (Å²) in [4.78, 5) is 11.9. The van der Waals surface area contributed by atoms with E-state index in [0.717, 1.165) is 43.9 Å². The molecular formula is C18H23F2NO4. The molecule has 0 bridgehead atoms. The summed E-state index contributed by atoms with van der Waals surface area (Å²) in [7, 11) is 0. The molecule has 1 amide bonds. The van der Waals surface area contributed by atoms with Gasteiger partial charge in [0.15, 0.2) is 6.61 Å². The van der Waals surface area contributed by atoms with E-state index in [1.54, 1.807) is 0 Å². The van der Waals surface area contributed by atoms with Crippen LogP contribution in [0.15, 0.2) is 18.2 Å². The lowest BCUT2D eigenvalue weighted by atomic mass is 9.76. The number of rotatable bonds is 5. The van der Waals surface area contributed by atoms with Gasteiger partial charge >= 0.3 is 0 Å². The Morgan fingerprint density at radius 1 is 1.24 bits per heavy atom. The molecule has 1 aliphatic carbocycles. The molecule has 0 unspecified atom stereocenters. The second-order valence-electron chi connectivity index (χ2n) is 6.92. The first-order valence-electron chi connectivity index (χ1n) is 8.60. The molecule has 5 nitrogen and oxygen atoms in total. The maximum absolute atomic E-state index is 13.1. The van der Waals surface area contributed by atoms with Gasteiger partial charge in [0.05, 0.1) is 6.10 Å². The fourth-order valence-corrected chi connectivity index (χ4v) is 3.87. The molecule has 3 rings (SSSR count). The molecular weight excluding hydrogens is 332 g/mol. The molecule has 1 aliphatic heterocycles. The summed E-state index contributed by atoms with van der Waals surface area (Å²) in [6.07, 6.45) is 3.06. The van der Waals surface area contributed by atoms with Crippen molar-refractivity contribution < 1.29 is 28.2 Å². The van der Waals surface area contributed by atoms with Crippen molar-refractivity contribution in [1.82, 2.24) is 5.32 Å². The zero-order valence-corrected chi connectivity index (χ0v) is 14.0. The minimum absolute atomic E-state index is 0.00802. The lowest BCUT2D eigenvalue weighted by Gasteiger charge is -2.37. The van der Waals surface area contributed by atoms with Gasteiger partial charge in [-0.05, 0) is 25.7 Å². The Labute approximate surface area is 145 Å². The number of aliphatic hydroxyl groups is 1. The number of hydrogen-bond acceptors (Lipinski definition) is 4. The minimum atomic E-state index is -0.758. The van der Waals surface area contributed by atoms with Crippen LogP contribution in [-0.4, -0.2) is 43.5 Å². The van der Waals surface area contributed by atoms with E-state index in [1.165, 1.54) is 0 Å². The van der Waals surface area contributed by atoms with E-state index < -0.39 is 17.7 Å². The Hall–Kier alpha value is -1.73. The lowest BCUT2D eigenvalue weighted by molar-refractivity contribution is -0.123. The zero-order chi connectivity index (χ0) is 17.9. The molecule has 1 spiro atoms. The van der Waals surface area contributed by atoms with Crippen molar-refractivity contribution in [2.24, 2.45) is 11.3 Å². The quantitative estimate of drug-likeness (QED) is 0.848. The van der Waals surface area contributed by atoms with Crippen molar-refractivity contribution in [1.29, 1.82) is 0 Å². The predicted octanol–water partition coefficient (Wildman–Crippen LogP) is 2.03. The Balaban J connectivity index is 1.44. The molecule has 25 heavy (non-hydrogen) atoms. The molecule has 2 N–H and O–H groups in total. The molecule has 1 saturated heterocycles. The van der Waals surface area contributed by atoms with Gasteiger partial charge in [0.1, 0.15) is 17.4 Å². The SMILES string of the molecule is O=C(COc1cc(F)cc(F)c1)NC[C@@H]1CCC2(CCOCC2)[C@@H]1O. The topological polar surface area (TPSA) is 67.8 Å². The first-order valence-corrected chi connectivity index (χ1v) is 8.60. The Kier molecular flexibility index (Phi) is 5.54. The number of nitrogens with one attached hydrogen (secondary N) is 1. The number of halogens is 2. The Bertz CT molecular complexity index is 599. The van der Waals surface area contributed by atoms with E-state index >= 15 is 0 Å². The summed E-state index contributed by atoms with van der Waals surface area (Å²) < 4.78 is 36.6. The Morgan fingerprint density at radius 3 is 2.60 bits per heavy atom. The second-order valence-corrected chi connectivity index (χ2v) is 6.92. The highest BCUT2D eigenvalue weighted by atomic mass is 19.1. The molecule has 2 aliphatic rings. The van der Waals surface area contributed by atoms with Crippen LogP contribution in [0.25, 0.3) is 0 Å². The summed E-state index contributed by atoms with van der Waals surface area (Å²) >= 11 is 0. The summed E-state index contributed by atoms with van der Waals surface area (Å²) in [5.41, 5.74) is -0.0801. The highest BCUT2D eigenvalue weighted by Gasteiger charge is 2.48. The van der Waals surface area contributed by atoms with Crippen molar-refractivity contribution >= 4 is 5.91 Å². The largest absolute Gasteiger partial charge is 0.484 e. The van der Waals surface area contributed by atoms with Crippen LogP contribution in [0, 0.1) is 23.0 Å². The highest BCUT2D eigenvalue weighted by Crippen LogP contribution is 2.48. The van der Waals surface area contributed by atoms with Gasteiger partial charge in [-0.2, -0.15) is 0 Å². The number of carbonyl (C=O) groups is 1. The van der Waals surface area contributed by atoms with Gasteiger partial charge < -0.3 is 19.9 Å². The average molecular weight is 355 g/mol. The smallest absolute Gasteiger partial charge is 0.257 e. The van der Waals surface area contributed by atoms with E-state index in [2.05, 4.69) is 5.32 Å². The van der Waals surface area contributed by atoms with Crippen molar-refractivity contribution in [3.8, 4) is 5.75 Å². The maximum Gasteiger partial charge on any atom is 0.257 e. The van der Waals surface area contributed by atoms with Crippen LogP contribution >= 0.6 is 0 Å². The van der Waals surface area contributed by atoms with Gasteiger partial charge in [0.2, 0.25) is 0 Å². The van der Waals surface area contributed by atoms with E-state index in [1.807, 2.05) is 0 Å². The molecule has 2 atom stereocenters. The standard InChI is InChI=1S/C18H23F2NO4/c19-13-7-14(20)9-15(8-13)25-11-16(22)21-10-12-1-2-18(17(12)23)3-5-24-6-4-18/h7-9,12,17,23H,1-6,10-11H2,(H,21,22)/t12-,17+/m0/s1. The third-order valence-electron chi connectivity index (χ3n) is 5.34. The first-order chi connectivity index (χ1) is 12.0. The van der Waals surface area contributed by atoms with E-state index in [4.69, 9.17) is 9.47 Å². The maximum atomic E-state index is 13.1. The highest BCUT2D eigenvalue weighted by molar-refractivity contribution is 5.77. The van der Waals surface area contributed by atoms with Gasteiger partial charge in [-0.1, -0.05) is 0 Å². The van der Waals surface area contributed by atoms with Crippen LogP contribution in [0.4, 0.5) is 8.78 Å². The van der Waals surface area contributed by atoms with Crippen LogP contribution < -0.4 is 10.1 Å². The van der Waals surface area contributed by atoms with E-state index in [0.29, 0.717) is 19.8 Å². The number of ether oxygens (including phenoxy) is 2. The first kappa shape index (κ1) is 18.1. The van der Waals surface area contributed by atoms with Crippen molar-refractivity contribution in [2.75, 3.05) is 26.4 Å². The van der Waals surface area contributed by atoms with Crippen molar-refractivity contribution in [3.63, 3.8) is 0 Å². The molecule has 138 valence electrons. The fraction of sp³-hybridized carbons (Fsp3) is 0.611. The normalized spacial score (nSPS) is 25.1. The predicted molar refractivity (Wildman–Crippen MR) is 86.1 cm³/mol. The average Bonchev–Trinajstić information content (AvgIpc) is 2.87. The van der Waals surface area contributed by atoms with Crippen molar-refractivity contribution in [3.05, 3.63) is 29.8 Å². The fourth-order valence-electron chi connectivity index (χ4n) is 3.87. The van der Waals surface area contributed by atoms with Crippen LogP contribution in [0.3, 0.4) is 0 Å². The van der Waals surface area contributed by atoms with Crippen LogP contribution in [0.2, 0.25) is 0 Å². The van der Waals surface area contributed by atoms with Gasteiger partial charge in [-0.25, -0.2) is 8.78 Å². The van der Waals surface area contributed by atoms with Crippen molar-refractivity contribution in [2.45, 2.75) is 31.8 Å². The van der Waals surface area contributed by atoms with Gasteiger partial charge in [-0.15, -0.1) is 0 Å². The molecule has 1 aromatic rings. The molecule has 1 aromatic carbocycles. The monoisotopic (exact) mass is 355 g/mol. The van der Waals surface area contributed by atoms with Gasteiger partial charge in [-0.3, -0.25) is 4.79 Å². The molecule has 0 radical (unpaired) electrons. The third kappa shape index (κ3) is 4.27. The number of benzene rings is 1. The molecule has 1 heterocycles. The van der Waals surface area contributed by atoms with Crippen LogP contribution in [0.5, 0.6) is 5.75 Å². The number of amides is 1. The zero-order valence-electron chi connectivity index (χ0n) is 14.0. The number of aliphatic hydroxyl groups excluding tert-OH is 1. The van der Waals surface area contributed by atoms with Gasteiger partial charge in [0.25, 0.3) is 5.91 Å². The van der Waals surface area contributed by atoms with E-state index in [-0.39, 0.29) is 29.6 Å². The van der Waals surface area contributed by atoms with Gasteiger partial charge in [0, 0.05) is 49.3 Å². The molecule has 2 fully saturated rings. The number of hydrogen-bond donors (Lipinski definition) is 2. The molecule has 0 aromatic heterocycles. The summed E-state index contributed by atoms with van der Waals surface area (Å²) in [5.74, 6) is -1.93. The third-order valence-corrected chi connectivity index (χ3v) is 5.34. The van der Waals surface area contributed by atoms with Crippen LogP contribution in [-0.2, 0) is 9.53 Å². The van der Waals surface area contributed by atoms with E-state index in [9.17, 15) is 18.7 Å². The lowest BCUT2D eigenvalue weighted by Crippen LogP contribution is -2.42. The summed E-state index contributed by atoms with van der Waals surface area (Å²) in [5, 5.41) is 13.4. The number of carbonyl (C=O) groups excluding carboxylic acids is 1. The second kappa shape index (κ2) is 7.66. The molecule has 7 heteroatoms. The van der Waals surface area contributed by atoms with Crippen LogP contribution in [0.1, 0.15) is 25.7 Å². The Morgan fingerprint density at radius 2 is 1.92 bits per heavy atom. The minimum Gasteiger partial charge on any atom is -0.484 e. The molecule has 1 saturated carbocycles.